The van der Waals surface area contributed by atoms with Crippen LogP contribution in [0.3, 0.4) is 0 Å². The molecule has 0 bridgehead atoms. The van der Waals surface area contributed by atoms with Crippen molar-refractivity contribution in [2.75, 3.05) is 6.54 Å². The van der Waals surface area contributed by atoms with Crippen LogP contribution in [0.15, 0.2) is 54.6 Å². The van der Waals surface area contributed by atoms with Gasteiger partial charge in [-0.3, -0.25) is 4.79 Å². The van der Waals surface area contributed by atoms with Crippen molar-refractivity contribution in [3.63, 3.8) is 0 Å². The molecule has 2 aromatic rings. The Morgan fingerprint density at radius 3 is 2.50 bits per heavy atom. The second-order valence-electron chi connectivity index (χ2n) is 6.38. The van der Waals surface area contributed by atoms with Gasteiger partial charge in [0.15, 0.2) is 0 Å². The van der Waals surface area contributed by atoms with Crippen molar-refractivity contribution < 1.29 is 14.6 Å². The van der Waals surface area contributed by atoms with Crippen LogP contribution in [0.2, 0.25) is 0 Å². The van der Waals surface area contributed by atoms with Gasteiger partial charge in [0, 0.05) is 6.54 Å². The summed E-state index contributed by atoms with van der Waals surface area (Å²) in [5, 5.41) is 13.0. The summed E-state index contributed by atoms with van der Waals surface area (Å²) in [5.41, 5.74) is 7.55. The molecule has 2 atom stereocenters. The van der Waals surface area contributed by atoms with Crippen LogP contribution in [0, 0.1) is 5.92 Å². The quantitative estimate of drug-likeness (QED) is 0.659. The van der Waals surface area contributed by atoms with E-state index < -0.39 is 12.1 Å². The van der Waals surface area contributed by atoms with E-state index in [4.69, 9.17) is 10.5 Å². The highest BCUT2D eigenvalue weighted by molar-refractivity contribution is 5.85. The minimum Gasteiger partial charge on any atom is -0.489 e. The normalized spacial score (nSPS) is 12.8. The maximum Gasteiger partial charge on any atom is 0.237 e. The summed E-state index contributed by atoms with van der Waals surface area (Å²) in [5.74, 6) is 0.461. The molecule has 0 fully saturated rings. The number of aliphatic hydroxyl groups is 1. The number of hydrogen-bond donors (Lipinski definition) is 3. The van der Waals surface area contributed by atoms with Gasteiger partial charge in [-0.25, -0.2) is 0 Å². The molecule has 0 spiro atoms. The van der Waals surface area contributed by atoms with E-state index in [1.54, 1.807) is 12.1 Å². The zero-order valence-electron chi connectivity index (χ0n) is 15.1. The summed E-state index contributed by atoms with van der Waals surface area (Å²) >= 11 is 0. The van der Waals surface area contributed by atoms with Crippen molar-refractivity contribution in [2.24, 2.45) is 11.7 Å². The third-order valence-electron chi connectivity index (χ3n) is 3.98. The minimum atomic E-state index is -0.816. The summed E-state index contributed by atoms with van der Waals surface area (Å²) in [4.78, 5) is 11.9. The maximum atomic E-state index is 11.9. The first-order valence-corrected chi connectivity index (χ1v) is 8.45. The second kappa shape index (κ2) is 10.8. The molecule has 0 aromatic heterocycles. The lowest BCUT2D eigenvalue weighted by molar-refractivity contribution is -0.123. The van der Waals surface area contributed by atoms with Crippen LogP contribution in [0.1, 0.15) is 31.1 Å². The lowest BCUT2D eigenvalue weighted by Gasteiger charge is -2.18. The maximum absolute atomic E-state index is 11.9. The van der Waals surface area contributed by atoms with E-state index in [1.807, 2.05) is 56.3 Å². The smallest absolute Gasteiger partial charge is 0.237 e. The van der Waals surface area contributed by atoms with Crippen molar-refractivity contribution in [1.82, 2.24) is 5.32 Å². The molecular weight excluding hydrogens is 352 g/mol. The largest absolute Gasteiger partial charge is 0.489 e. The molecule has 4 N–H and O–H groups in total. The molecule has 2 aromatic carbocycles. The summed E-state index contributed by atoms with van der Waals surface area (Å²) in [6.07, 6.45) is -0.816. The zero-order chi connectivity index (χ0) is 18.2. The number of halogens is 1. The molecule has 0 aliphatic heterocycles. The Balaban J connectivity index is 0.00000338. The molecule has 0 saturated heterocycles. The van der Waals surface area contributed by atoms with E-state index in [0.717, 1.165) is 5.56 Å². The molecule has 0 aliphatic carbocycles. The molecule has 0 saturated carbocycles. The average Bonchev–Trinajstić information content (AvgIpc) is 2.64. The molecule has 0 radical (unpaired) electrons. The molecule has 5 nitrogen and oxygen atoms in total. The minimum absolute atomic E-state index is 0. The van der Waals surface area contributed by atoms with E-state index in [-0.39, 0.29) is 30.8 Å². The lowest BCUT2D eigenvalue weighted by Crippen LogP contribution is -2.45. The third kappa shape index (κ3) is 6.67. The highest BCUT2D eigenvalue weighted by Gasteiger charge is 2.18. The molecule has 142 valence electrons. The van der Waals surface area contributed by atoms with E-state index >= 15 is 0 Å². The number of rotatable bonds is 8. The van der Waals surface area contributed by atoms with Gasteiger partial charge < -0.3 is 20.9 Å². The molecule has 1 unspecified atom stereocenters. The van der Waals surface area contributed by atoms with Gasteiger partial charge in [-0.2, -0.15) is 0 Å². The van der Waals surface area contributed by atoms with Gasteiger partial charge in [0.25, 0.3) is 0 Å². The number of benzene rings is 2. The summed E-state index contributed by atoms with van der Waals surface area (Å²) in [7, 11) is 0. The van der Waals surface area contributed by atoms with E-state index in [2.05, 4.69) is 5.32 Å². The fourth-order valence-corrected chi connectivity index (χ4v) is 2.29. The standard InChI is InChI=1S/C20H26N2O3.ClH/c1-14(2)19(21)20(24)22-12-18(23)16-9-6-10-17(11-16)25-13-15-7-4-3-5-8-15;/h3-11,14,18-19,23H,12-13,21H2,1-2H3,(H,22,24);1H/t18?,19-;/m0./s1. The number of aliphatic hydroxyl groups excluding tert-OH is 1. The molecule has 6 heteroatoms. The number of nitrogens with one attached hydrogen (secondary N) is 1. The van der Waals surface area contributed by atoms with Gasteiger partial charge in [0.2, 0.25) is 5.91 Å². The van der Waals surface area contributed by atoms with Crippen molar-refractivity contribution >= 4 is 18.3 Å². The predicted molar refractivity (Wildman–Crippen MR) is 105 cm³/mol. The monoisotopic (exact) mass is 378 g/mol. The number of hydrogen-bond acceptors (Lipinski definition) is 4. The van der Waals surface area contributed by atoms with Gasteiger partial charge in [-0.05, 0) is 29.2 Å². The molecule has 26 heavy (non-hydrogen) atoms. The Bertz CT molecular complexity index is 680. The Morgan fingerprint density at radius 2 is 1.85 bits per heavy atom. The number of nitrogens with two attached hydrogens (primary N) is 1. The van der Waals surface area contributed by atoms with Crippen molar-refractivity contribution in [3.8, 4) is 5.75 Å². The topological polar surface area (TPSA) is 84.6 Å². The van der Waals surface area contributed by atoms with Crippen LogP contribution < -0.4 is 15.8 Å². The summed E-state index contributed by atoms with van der Waals surface area (Å²) < 4.78 is 5.76. The fourth-order valence-electron chi connectivity index (χ4n) is 2.29. The predicted octanol–water partition coefficient (Wildman–Crippen LogP) is 2.82. The van der Waals surface area contributed by atoms with Crippen LogP contribution in [0.25, 0.3) is 0 Å². The van der Waals surface area contributed by atoms with E-state index in [0.29, 0.717) is 17.9 Å². The zero-order valence-corrected chi connectivity index (χ0v) is 15.9. The van der Waals surface area contributed by atoms with Gasteiger partial charge in [0.05, 0.1) is 12.1 Å². The van der Waals surface area contributed by atoms with Crippen LogP contribution in [-0.2, 0) is 11.4 Å². The van der Waals surface area contributed by atoms with Crippen molar-refractivity contribution in [2.45, 2.75) is 32.6 Å². The van der Waals surface area contributed by atoms with Crippen LogP contribution in [0.5, 0.6) is 5.75 Å². The SMILES string of the molecule is CC(C)[C@H](N)C(=O)NCC(O)c1cccc(OCc2ccccc2)c1.Cl. The van der Waals surface area contributed by atoms with Crippen LogP contribution in [-0.4, -0.2) is 23.6 Å². The van der Waals surface area contributed by atoms with Crippen LogP contribution in [0.4, 0.5) is 0 Å². The first-order chi connectivity index (χ1) is 12.0. The number of carbonyl (C=O) groups excluding carboxylic acids is 1. The Morgan fingerprint density at radius 1 is 1.15 bits per heavy atom. The molecule has 0 heterocycles. The summed E-state index contributed by atoms with van der Waals surface area (Å²) in [6.45, 7) is 4.34. The third-order valence-corrected chi connectivity index (χ3v) is 3.98. The Kier molecular flexibility index (Phi) is 9.13. The number of amides is 1. The van der Waals surface area contributed by atoms with Gasteiger partial charge in [-0.1, -0.05) is 56.3 Å². The Hall–Kier alpha value is -2.08. The summed E-state index contributed by atoms with van der Waals surface area (Å²) in [6, 6.07) is 16.5. The first-order valence-electron chi connectivity index (χ1n) is 8.45. The highest BCUT2D eigenvalue weighted by atomic mass is 35.5. The Labute approximate surface area is 161 Å². The molecule has 0 aliphatic rings. The molecule has 2 rings (SSSR count). The van der Waals surface area contributed by atoms with Crippen molar-refractivity contribution in [1.29, 1.82) is 0 Å². The number of ether oxygens (including phenoxy) is 1. The fraction of sp³-hybridized carbons (Fsp3) is 0.350. The molecule has 1 amide bonds. The average molecular weight is 379 g/mol. The van der Waals surface area contributed by atoms with E-state index in [1.165, 1.54) is 0 Å². The van der Waals surface area contributed by atoms with Gasteiger partial charge in [-0.15, -0.1) is 12.4 Å². The second-order valence-corrected chi connectivity index (χ2v) is 6.38. The van der Waals surface area contributed by atoms with Crippen molar-refractivity contribution in [3.05, 3.63) is 65.7 Å². The first kappa shape index (κ1) is 22.0. The molecular formula is C20H27ClN2O3. The van der Waals surface area contributed by atoms with Crippen LogP contribution >= 0.6 is 12.4 Å². The van der Waals surface area contributed by atoms with Gasteiger partial charge >= 0.3 is 0 Å². The lowest BCUT2D eigenvalue weighted by atomic mass is 10.0. The number of carbonyl (C=O) groups is 1. The highest BCUT2D eigenvalue weighted by Crippen LogP contribution is 2.20. The van der Waals surface area contributed by atoms with Gasteiger partial charge in [0.1, 0.15) is 12.4 Å². The van der Waals surface area contributed by atoms with E-state index in [9.17, 15) is 9.90 Å².